The summed E-state index contributed by atoms with van der Waals surface area (Å²) in [7, 11) is 7.64. The second kappa shape index (κ2) is 12.6. The summed E-state index contributed by atoms with van der Waals surface area (Å²) >= 11 is 0. The van der Waals surface area contributed by atoms with E-state index < -0.39 is 0 Å². The topological polar surface area (TPSA) is 52.6 Å². The maximum Gasteiger partial charge on any atom is 0.193 e. The highest BCUT2D eigenvalue weighted by molar-refractivity contribution is 5.79. The highest BCUT2D eigenvalue weighted by Crippen LogP contribution is 2.27. The number of piperazine rings is 1. The molecule has 7 heteroatoms. The molecule has 1 heterocycles. The van der Waals surface area contributed by atoms with Crippen LogP contribution in [0.4, 0.5) is 0 Å². The predicted octanol–water partition coefficient (Wildman–Crippen LogP) is 2.03. The Balaban J connectivity index is 1.87. The van der Waals surface area contributed by atoms with Crippen molar-refractivity contribution in [2.24, 2.45) is 10.9 Å². The van der Waals surface area contributed by atoms with E-state index in [1.807, 2.05) is 6.07 Å². The highest BCUT2D eigenvalue weighted by Gasteiger charge is 2.16. The molecule has 30 heavy (non-hydrogen) atoms. The van der Waals surface area contributed by atoms with Crippen LogP contribution in [0.2, 0.25) is 0 Å². The quantitative estimate of drug-likeness (QED) is 0.463. The van der Waals surface area contributed by atoms with Gasteiger partial charge in [0.1, 0.15) is 0 Å². The maximum atomic E-state index is 5.42. The Morgan fingerprint density at radius 1 is 1.17 bits per heavy atom. The summed E-state index contributed by atoms with van der Waals surface area (Å²) in [6.07, 6.45) is 0.915. The minimum atomic E-state index is 0.543. The van der Waals surface area contributed by atoms with Crippen molar-refractivity contribution in [3.05, 3.63) is 23.8 Å². The van der Waals surface area contributed by atoms with Crippen molar-refractivity contribution >= 4 is 5.96 Å². The molecular formula is C23H41N5O2. The summed E-state index contributed by atoms with van der Waals surface area (Å²) in [4.78, 5) is 12.1. The van der Waals surface area contributed by atoms with Gasteiger partial charge in [0.05, 0.1) is 14.2 Å². The maximum absolute atomic E-state index is 5.42. The number of hydrogen-bond donors (Lipinski definition) is 1. The second-order valence-corrected chi connectivity index (χ2v) is 8.26. The SMILES string of the molecule is CCNC(=NCC(C)CN1CCN(C)CC1)N(C)CCc1ccc(OC)c(OC)c1. The molecule has 1 aromatic rings. The number of hydrogen-bond acceptors (Lipinski definition) is 5. The summed E-state index contributed by atoms with van der Waals surface area (Å²) < 4.78 is 10.8. The van der Waals surface area contributed by atoms with E-state index in [1.54, 1.807) is 14.2 Å². The van der Waals surface area contributed by atoms with E-state index in [0.29, 0.717) is 5.92 Å². The number of likely N-dealkylation sites (N-methyl/N-ethyl adjacent to an activating group) is 2. The van der Waals surface area contributed by atoms with E-state index in [2.05, 4.69) is 60.1 Å². The Labute approximate surface area is 183 Å². The molecule has 0 amide bonds. The van der Waals surface area contributed by atoms with E-state index in [4.69, 9.17) is 14.5 Å². The molecule has 1 saturated heterocycles. The van der Waals surface area contributed by atoms with Crippen molar-refractivity contribution in [2.75, 3.05) is 80.7 Å². The first-order valence-electron chi connectivity index (χ1n) is 11.1. The van der Waals surface area contributed by atoms with Crippen LogP contribution in [0.1, 0.15) is 19.4 Å². The van der Waals surface area contributed by atoms with E-state index in [9.17, 15) is 0 Å². The molecule has 0 spiro atoms. The van der Waals surface area contributed by atoms with Crippen molar-refractivity contribution in [2.45, 2.75) is 20.3 Å². The fourth-order valence-electron chi connectivity index (χ4n) is 3.68. The van der Waals surface area contributed by atoms with E-state index in [1.165, 1.54) is 5.56 Å². The molecule has 1 aromatic carbocycles. The lowest BCUT2D eigenvalue weighted by atomic mass is 10.1. The zero-order valence-corrected chi connectivity index (χ0v) is 19.8. The summed E-state index contributed by atoms with van der Waals surface area (Å²) in [6.45, 7) is 12.8. The molecule has 1 unspecified atom stereocenters. The molecule has 0 bridgehead atoms. The van der Waals surface area contributed by atoms with Crippen LogP contribution < -0.4 is 14.8 Å². The van der Waals surface area contributed by atoms with Gasteiger partial charge in [0.15, 0.2) is 17.5 Å². The average Bonchev–Trinajstić information content (AvgIpc) is 2.76. The van der Waals surface area contributed by atoms with Crippen molar-refractivity contribution in [1.82, 2.24) is 20.0 Å². The van der Waals surface area contributed by atoms with Crippen molar-refractivity contribution < 1.29 is 9.47 Å². The van der Waals surface area contributed by atoms with Crippen LogP contribution in [0.3, 0.4) is 0 Å². The lowest BCUT2D eigenvalue weighted by Crippen LogP contribution is -2.46. The number of nitrogens with zero attached hydrogens (tertiary/aromatic N) is 4. The van der Waals surface area contributed by atoms with E-state index in [-0.39, 0.29) is 0 Å². The molecule has 1 N–H and O–H groups in total. The number of nitrogens with one attached hydrogen (secondary N) is 1. The number of rotatable bonds is 10. The first-order chi connectivity index (χ1) is 14.5. The summed E-state index contributed by atoms with van der Waals surface area (Å²) in [5, 5.41) is 3.44. The van der Waals surface area contributed by atoms with Crippen LogP contribution >= 0.6 is 0 Å². The van der Waals surface area contributed by atoms with Crippen molar-refractivity contribution in [1.29, 1.82) is 0 Å². The Hall–Kier alpha value is -1.99. The van der Waals surface area contributed by atoms with Gasteiger partial charge in [0.25, 0.3) is 0 Å². The van der Waals surface area contributed by atoms with Gasteiger partial charge in [-0.05, 0) is 44.0 Å². The molecular weight excluding hydrogens is 378 g/mol. The normalized spacial score (nSPS) is 16.9. The van der Waals surface area contributed by atoms with E-state index >= 15 is 0 Å². The van der Waals surface area contributed by atoms with Gasteiger partial charge in [-0.3, -0.25) is 4.99 Å². The van der Waals surface area contributed by atoms with E-state index in [0.717, 1.165) is 76.2 Å². The molecule has 0 aliphatic carbocycles. The fourth-order valence-corrected chi connectivity index (χ4v) is 3.68. The largest absolute Gasteiger partial charge is 0.493 e. The minimum absolute atomic E-state index is 0.543. The number of ether oxygens (including phenoxy) is 2. The van der Waals surface area contributed by atoms with Gasteiger partial charge >= 0.3 is 0 Å². The summed E-state index contributed by atoms with van der Waals surface area (Å²) in [6, 6.07) is 6.11. The molecule has 0 saturated carbocycles. The number of guanidine groups is 1. The smallest absolute Gasteiger partial charge is 0.193 e. The lowest BCUT2D eigenvalue weighted by molar-refractivity contribution is 0.140. The molecule has 0 aromatic heterocycles. The third-order valence-electron chi connectivity index (χ3n) is 5.60. The molecule has 170 valence electrons. The van der Waals surface area contributed by atoms with Gasteiger partial charge in [0.2, 0.25) is 0 Å². The summed E-state index contributed by atoms with van der Waals surface area (Å²) in [5.41, 5.74) is 1.22. The minimum Gasteiger partial charge on any atom is -0.493 e. The third kappa shape index (κ3) is 7.69. The average molecular weight is 420 g/mol. The van der Waals surface area contributed by atoms with Gasteiger partial charge in [-0.2, -0.15) is 0 Å². The van der Waals surface area contributed by atoms with Crippen LogP contribution in [0.15, 0.2) is 23.2 Å². The Morgan fingerprint density at radius 3 is 2.50 bits per heavy atom. The number of methoxy groups -OCH3 is 2. The number of benzene rings is 1. The van der Waals surface area contributed by atoms with Crippen LogP contribution in [-0.4, -0.2) is 101 Å². The molecule has 1 fully saturated rings. The Bertz CT molecular complexity index is 659. The van der Waals surface area contributed by atoms with Crippen molar-refractivity contribution in [3.8, 4) is 11.5 Å². The van der Waals surface area contributed by atoms with Gasteiger partial charge in [0, 0.05) is 59.4 Å². The molecule has 0 radical (unpaired) electrons. The third-order valence-corrected chi connectivity index (χ3v) is 5.60. The van der Waals surface area contributed by atoms with Gasteiger partial charge in [-0.15, -0.1) is 0 Å². The van der Waals surface area contributed by atoms with Crippen LogP contribution in [0, 0.1) is 5.92 Å². The van der Waals surface area contributed by atoms with Gasteiger partial charge in [-0.25, -0.2) is 0 Å². The van der Waals surface area contributed by atoms with Crippen molar-refractivity contribution in [3.63, 3.8) is 0 Å². The molecule has 2 rings (SSSR count). The Kier molecular flexibility index (Phi) is 10.2. The highest BCUT2D eigenvalue weighted by atomic mass is 16.5. The molecule has 7 nitrogen and oxygen atoms in total. The molecule has 1 aliphatic heterocycles. The zero-order chi connectivity index (χ0) is 21.9. The first kappa shape index (κ1) is 24.3. The molecule has 1 aliphatic rings. The van der Waals surface area contributed by atoms with Crippen LogP contribution in [0.25, 0.3) is 0 Å². The fraction of sp³-hybridized carbons (Fsp3) is 0.696. The molecule has 1 atom stereocenters. The number of aliphatic imine (C=N–C) groups is 1. The van der Waals surface area contributed by atoms with Crippen LogP contribution in [-0.2, 0) is 6.42 Å². The zero-order valence-electron chi connectivity index (χ0n) is 19.8. The summed E-state index contributed by atoms with van der Waals surface area (Å²) in [5.74, 6) is 3.05. The van der Waals surface area contributed by atoms with Crippen LogP contribution in [0.5, 0.6) is 11.5 Å². The second-order valence-electron chi connectivity index (χ2n) is 8.26. The Morgan fingerprint density at radius 2 is 1.87 bits per heavy atom. The predicted molar refractivity (Wildman–Crippen MR) is 125 cm³/mol. The van der Waals surface area contributed by atoms with Gasteiger partial charge in [-0.1, -0.05) is 13.0 Å². The lowest BCUT2D eigenvalue weighted by Gasteiger charge is -2.33. The first-order valence-corrected chi connectivity index (χ1v) is 11.1. The van der Waals surface area contributed by atoms with Gasteiger partial charge < -0.3 is 29.5 Å². The monoisotopic (exact) mass is 419 g/mol. The standard InChI is InChI=1S/C23H41N5O2/c1-7-24-23(25-17-19(2)18-28-14-12-26(3)13-15-28)27(4)11-10-20-8-9-21(29-5)22(16-20)30-6/h8-9,16,19H,7,10-15,17-18H2,1-6H3,(H,24,25).